The van der Waals surface area contributed by atoms with Crippen molar-refractivity contribution in [3.63, 3.8) is 0 Å². The van der Waals surface area contributed by atoms with Gasteiger partial charge in [-0.3, -0.25) is 0 Å². The van der Waals surface area contributed by atoms with Crippen LogP contribution >= 0.6 is 0 Å². The summed E-state index contributed by atoms with van der Waals surface area (Å²) in [5, 5.41) is -0.0438. The summed E-state index contributed by atoms with van der Waals surface area (Å²) in [5.74, 6) is 5.03. The van der Waals surface area contributed by atoms with E-state index in [1.54, 1.807) is 21.3 Å². The molecule has 1 aliphatic heterocycles. The SMILES string of the molecule is COc1ccc(CB2C=CC=CC2(Cc2ccc(OC)cc2)Cc2ccc(OC)cc2)cc1. The highest BCUT2D eigenvalue weighted by Gasteiger charge is 2.39. The summed E-state index contributed by atoms with van der Waals surface area (Å²) in [4.78, 5) is 0. The van der Waals surface area contributed by atoms with E-state index in [2.05, 4.69) is 84.9 Å². The Morgan fingerprint density at radius 2 is 1.00 bits per heavy atom. The average molecular weight is 438 g/mol. The van der Waals surface area contributed by atoms with Crippen molar-refractivity contribution in [1.29, 1.82) is 0 Å². The molecule has 4 rings (SSSR count). The third kappa shape index (κ3) is 5.51. The molecule has 0 atom stereocenters. The van der Waals surface area contributed by atoms with Crippen LogP contribution in [0.5, 0.6) is 17.2 Å². The summed E-state index contributed by atoms with van der Waals surface area (Å²) in [6.45, 7) is 0.361. The van der Waals surface area contributed by atoms with Crippen molar-refractivity contribution in [2.45, 2.75) is 24.5 Å². The number of benzene rings is 3. The van der Waals surface area contributed by atoms with Gasteiger partial charge in [-0.15, -0.1) is 5.98 Å². The van der Waals surface area contributed by atoms with Gasteiger partial charge in [0.1, 0.15) is 17.2 Å². The van der Waals surface area contributed by atoms with E-state index < -0.39 is 0 Å². The van der Waals surface area contributed by atoms with Gasteiger partial charge < -0.3 is 14.2 Å². The Balaban J connectivity index is 1.67. The largest absolute Gasteiger partial charge is 0.497 e. The molecule has 0 fully saturated rings. The third-order valence-electron chi connectivity index (χ3n) is 6.62. The van der Waals surface area contributed by atoms with Crippen LogP contribution in [-0.2, 0) is 19.2 Å². The van der Waals surface area contributed by atoms with E-state index in [0.717, 1.165) is 36.4 Å². The highest BCUT2D eigenvalue weighted by atomic mass is 16.5. The number of allylic oxidation sites excluding steroid dienone is 3. The molecule has 0 aliphatic carbocycles. The van der Waals surface area contributed by atoms with Crippen molar-refractivity contribution >= 4 is 6.71 Å². The molecule has 33 heavy (non-hydrogen) atoms. The number of rotatable bonds is 9. The standard InChI is InChI=1S/C29H31BO3/c1-31-26-12-6-23(7-13-26)20-29(21-24-8-14-27(32-2)15-9-24)18-4-5-19-30(29)22-25-10-16-28(33-3)17-11-25/h4-19H,20-22H2,1-3H3. The fourth-order valence-electron chi connectivity index (χ4n) is 4.74. The molecule has 3 aromatic carbocycles. The number of hydrogen-bond donors (Lipinski definition) is 0. The molecule has 0 radical (unpaired) electrons. The van der Waals surface area contributed by atoms with Crippen LogP contribution in [0.25, 0.3) is 0 Å². The van der Waals surface area contributed by atoms with E-state index in [9.17, 15) is 0 Å². The maximum atomic E-state index is 5.37. The molecule has 0 amide bonds. The fraction of sp³-hybridized carbons (Fsp3) is 0.241. The first kappa shape index (κ1) is 22.8. The van der Waals surface area contributed by atoms with Crippen molar-refractivity contribution in [3.8, 4) is 17.2 Å². The van der Waals surface area contributed by atoms with Crippen molar-refractivity contribution in [3.05, 3.63) is 114 Å². The highest BCUT2D eigenvalue weighted by molar-refractivity contribution is 6.68. The Morgan fingerprint density at radius 3 is 1.42 bits per heavy atom. The predicted octanol–water partition coefficient (Wildman–Crippen LogP) is 6.18. The van der Waals surface area contributed by atoms with E-state index >= 15 is 0 Å². The first-order valence-electron chi connectivity index (χ1n) is 11.4. The fourth-order valence-corrected chi connectivity index (χ4v) is 4.74. The van der Waals surface area contributed by atoms with Crippen molar-refractivity contribution in [2.75, 3.05) is 21.3 Å². The summed E-state index contributed by atoms with van der Waals surface area (Å²) in [6, 6.07) is 25.4. The summed E-state index contributed by atoms with van der Waals surface area (Å²) < 4.78 is 16.1. The third-order valence-corrected chi connectivity index (χ3v) is 6.62. The smallest absolute Gasteiger partial charge is 0.182 e. The van der Waals surface area contributed by atoms with Crippen LogP contribution < -0.4 is 14.2 Å². The Labute approximate surface area is 197 Å². The Morgan fingerprint density at radius 1 is 0.576 bits per heavy atom. The van der Waals surface area contributed by atoms with E-state index in [-0.39, 0.29) is 5.31 Å². The zero-order valence-corrected chi connectivity index (χ0v) is 19.7. The second kappa shape index (κ2) is 10.5. The first-order valence-corrected chi connectivity index (χ1v) is 11.4. The maximum Gasteiger partial charge on any atom is 0.182 e. The predicted molar refractivity (Wildman–Crippen MR) is 137 cm³/mol. The van der Waals surface area contributed by atoms with Gasteiger partial charge in [0.2, 0.25) is 0 Å². The van der Waals surface area contributed by atoms with Crippen LogP contribution in [0, 0.1) is 0 Å². The van der Waals surface area contributed by atoms with Gasteiger partial charge in [0.05, 0.1) is 21.3 Å². The normalized spacial score (nSPS) is 14.2. The molecular weight excluding hydrogens is 407 g/mol. The van der Waals surface area contributed by atoms with Crippen molar-refractivity contribution in [2.24, 2.45) is 0 Å². The minimum absolute atomic E-state index is 0.0438. The van der Waals surface area contributed by atoms with Gasteiger partial charge in [0, 0.05) is 0 Å². The zero-order valence-electron chi connectivity index (χ0n) is 19.7. The lowest BCUT2D eigenvalue weighted by Crippen LogP contribution is -2.37. The van der Waals surface area contributed by atoms with Crippen LogP contribution in [-0.4, -0.2) is 28.0 Å². The van der Waals surface area contributed by atoms with Crippen LogP contribution in [0.4, 0.5) is 0 Å². The van der Waals surface area contributed by atoms with E-state index in [4.69, 9.17) is 14.2 Å². The van der Waals surface area contributed by atoms with Gasteiger partial charge >= 0.3 is 0 Å². The summed E-state index contributed by atoms with van der Waals surface area (Å²) in [6.07, 6.45) is 9.67. The van der Waals surface area contributed by atoms with Gasteiger partial charge in [-0.2, -0.15) is 0 Å². The molecule has 1 aliphatic rings. The molecule has 0 unspecified atom stereocenters. The quantitative estimate of drug-likeness (QED) is 0.374. The highest BCUT2D eigenvalue weighted by Crippen LogP contribution is 2.44. The van der Waals surface area contributed by atoms with E-state index in [1.807, 2.05) is 12.1 Å². The Hall–Kier alpha value is -3.40. The molecule has 0 spiro atoms. The topological polar surface area (TPSA) is 27.7 Å². The van der Waals surface area contributed by atoms with E-state index in [1.165, 1.54) is 16.7 Å². The van der Waals surface area contributed by atoms with Gasteiger partial charge in [-0.1, -0.05) is 60.2 Å². The molecule has 0 saturated heterocycles. The van der Waals surface area contributed by atoms with Crippen molar-refractivity contribution < 1.29 is 14.2 Å². The molecular formula is C29H31BO3. The van der Waals surface area contributed by atoms with Crippen LogP contribution in [0.1, 0.15) is 16.7 Å². The number of ether oxygens (including phenoxy) is 3. The van der Waals surface area contributed by atoms with Crippen LogP contribution in [0.2, 0.25) is 5.31 Å². The summed E-state index contributed by atoms with van der Waals surface area (Å²) >= 11 is 0. The van der Waals surface area contributed by atoms with Crippen LogP contribution in [0.3, 0.4) is 0 Å². The number of hydrogen-bond acceptors (Lipinski definition) is 3. The Bertz CT molecular complexity index is 1030. The minimum Gasteiger partial charge on any atom is -0.497 e. The lowest BCUT2D eigenvalue weighted by Gasteiger charge is -2.38. The molecule has 1 heterocycles. The lowest BCUT2D eigenvalue weighted by atomic mass is 9.28. The molecule has 0 bridgehead atoms. The Kier molecular flexibility index (Phi) is 7.24. The average Bonchev–Trinajstić information content (AvgIpc) is 2.87. The lowest BCUT2D eigenvalue weighted by molar-refractivity contribution is 0.414. The van der Waals surface area contributed by atoms with Gasteiger partial charge in [-0.05, 0) is 72.0 Å². The number of methoxy groups -OCH3 is 3. The molecule has 168 valence electrons. The van der Waals surface area contributed by atoms with Gasteiger partial charge in [0.15, 0.2) is 6.71 Å². The second-order valence-electron chi connectivity index (χ2n) is 8.69. The zero-order chi connectivity index (χ0) is 23.1. The molecule has 0 N–H and O–H groups in total. The molecule has 3 nitrogen and oxygen atoms in total. The molecule has 4 heteroatoms. The molecule has 0 saturated carbocycles. The monoisotopic (exact) mass is 438 g/mol. The first-order chi connectivity index (χ1) is 16.1. The van der Waals surface area contributed by atoms with Crippen molar-refractivity contribution in [1.82, 2.24) is 0 Å². The summed E-state index contributed by atoms with van der Waals surface area (Å²) in [5.41, 5.74) is 3.93. The molecule has 3 aromatic rings. The molecule has 0 aromatic heterocycles. The minimum atomic E-state index is -0.0438. The van der Waals surface area contributed by atoms with Crippen LogP contribution in [0.15, 0.2) is 97.0 Å². The summed E-state index contributed by atoms with van der Waals surface area (Å²) in [7, 11) is 5.12. The van der Waals surface area contributed by atoms with E-state index in [0.29, 0.717) is 6.71 Å². The van der Waals surface area contributed by atoms with Gasteiger partial charge in [0.25, 0.3) is 0 Å². The van der Waals surface area contributed by atoms with Gasteiger partial charge in [-0.25, -0.2) is 0 Å². The second-order valence-corrected chi connectivity index (χ2v) is 8.69. The maximum absolute atomic E-state index is 5.37.